The Balaban J connectivity index is 2.59. The molecule has 1 saturated heterocycles. The molecule has 0 aromatic rings. The van der Waals surface area contributed by atoms with Crippen molar-refractivity contribution in [2.24, 2.45) is 11.8 Å². The first-order chi connectivity index (χ1) is 6.16. The van der Waals surface area contributed by atoms with E-state index in [1.807, 2.05) is 13.1 Å². The second kappa shape index (κ2) is 4.24. The molecule has 0 radical (unpaired) electrons. The fourth-order valence-electron chi connectivity index (χ4n) is 1.55. The van der Waals surface area contributed by atoms with Crippen molar-refractivity contribution in [3.8, 4) is 6.19 Å². The van der Waals surface area contributed by atoms with E-state index in [2.05, 4.69) is 0 Å². The second-order valence-corrected chi connectivity index (χ2v) is 3.44. The zero-order valence-electron chi connectivity index (χ0n) is 7.99. The monoisotopic (exact) mass is 182 g/mol. The first-order valence-electron chi connectivity index (χ1n) is 4.42. The van der Waals surface area contributed by atoms with Crippen molar-refractivity contribution in [3.05, 3.63) is 0 Å². The number of carbonyl (C=O) groups is 1. The molecule has 2 unspecified atom stereocenters. The van der Waals surface area contributed by atoms with E-state index in [0.717, 1.165) is 11.3 Å². The first kappa shape index (κ1) is 10.0. The highest BCUT2D eigenvalue weighted by Gasteiger charge is 2.30. The van der Waals surface area contributed by atoms with Gasteiger partial charge in [-0.2, -0.15) is 5.26 Å². The summed E-state index contributed by atoms with van der Waals surface area (Å²) in [6, 6.07) is 0. The van der Waals surface area contributed by atoms with Gasteiger partial charge in [-0.1, -0.05) is 6.92 Å². The van der Waals surface area contributed by atoms with Gasteiger partial charge < -0.3 is 4.74 Å². The topological polar surface area (TPSA) is 53.3 Å². The maximum absolute atomic E-state index is 11.6. The number of nitriles is 1. The van der Waals surface area contributed by atoms with E-state index in [9.17, 15) is 4.79 Å². The van der Waals surface area contributed by atoms with Gasteiger partial charge in [0.15, 0.2) is 6.19 Å². The third kappa shape index (κ3) is 2.19. The summed E-state index contributed by atoms with van der Waals surface area (Å²) < 4.78 is 5.22. The Labute approximate surface area is 78.1 Å². The van der Waals surface area contributed by atoms with Crippen LogP contribution in [0.25, 0.3) is 0 Å². The number of rotatable bonds is 1. The fraction of sp³-hybridized carbons (Fsp3) is 0.778. The molecule has 13 heavy (non-hydrogen) atoms. The second-order valence-electron chi connectivity index (χ2n) is 3.44. The van der Waals surface area contributed by atoms with Crippen LogP contribution >= 0.6 is 0 Å². The highest BCUT2D eigenvalue weighted by Crippen LogP contribution is 2.22. The number of hydrogen-bond donors (Lipinski definition) is 0. The molecule has 0 bridgehead atoms. The number of carbonyl (C=O) groups excluding carboxylic acids is 1. The lowest BCUT2D eigenvalue weighted by atomic mass is 9.89. The van der Waals surface area contributed by atoms with E-state index in [0.29, 0.717) is 13.2 Å². The van der Waals surface area contributed by atoms with Crippen molar-refractivity contribution in [3.63, 3.8) is 0 Å². The Morgan fingerprint density at radius 1 is 1.69 bits per heavy atom. The average molecular weight is 182 g/mol. The summed E-state index contributed by atoms with van der Waals surface area (Å²) in [5.41, 5.74) is 0. The van der Waals surface area contributed by atoms with Gasteiger partial charge in [0.25, 0.3) is 0 Å². The predicted molar refractivity (Wildman–Crippen MR) is 46.5 cm³/mol. The minimum absolute atomic E-state index is 0.0431. The van der Waals surface area contributed by atoms with Gasteiger partial charge >= 0.3 is 0 Å². The van der Waals surface area contributed by atoms with Crippen LogP contribution in [0, 0.1) is 23.3 Å². The zero-order chi connectivity index (χ0) is 9.84. The molecule has 0 spiro atoms. The van der Waals surface area contributed by atoms with Gasteiger partial charge in [0.05, 0.1) is 0 Å². The predicted octanol–water partition coefficient (Wildman–Crippen LogP) is 0.598. The van der Waals surface area contributed by atoms with Crippen LogP contribution in [0.5, 0.6) is 0 Å². The molecule has 0 N–H and O–H groups in total. The van der Waals surface area contributed by atoms with E-state index in [1.54, 1.807) is 0 Å². The standard InChI is InChI=1S/C9H14N2O2/c1-7-5-13-4-3-8(7)9(12)11(2)6-10/h7-8H,3-5H2,1-2H3. The van der Waals surface area contributed by atoms with Crippen molar-refractivity contribution < 1.29 is 9.53 Å². The van der Waals surface area contributed by atoms with Crippen LogP contribution in [0.15, 0.2) is 0 Å². The number of hydrogen-bond acceptors (Lipinski definition) is 3. The molecular formula is C9H14N2O2. The van der Waals surface area contributed by atoms with Crippen LogP contribution in [-0.4, -0.2) is 31.1 Å². The quantitative estimate of drug-likeness (QED) is 0.440. The van der Waals surface area contributed by atoms with Crippen LogP contribution in [-0.2, 0) is 9.53 Å². The van der Waals surface area contributed by atoms with Crippen molar-refractivity contribution in [2.75, 3.05) is 20.3 Å². The van der Waals surface area contributed by atoms with Crippen molar-refractivity contribution in [1.82, 2.24) is 4.90 Å². The van der Waals surface area contributed by atoms with E-state index < -0.39 is 0 Å². The lowest BCUT2D eigenvalue weighted by Crippen LogP contribution is -2.38. The van der Waals surface area contributed by atoms with Gasteiger partial charge in [0, 0.05) is 26.2 Å². The number of ether oxygens (including phenoxy) is 1. The van der Waals surface area contributed by atoms with Gasteiger partial charge in [0.1, 0.15) is 0 Å². The largest absolute Gasteiger partial charge is 0.381 e. The van der Waals surface area contributed by atoms with Gasteiger partial charge in [-0.3, -0.25) is 9.69 Å². The molecule has 0 aromatic carbocycles. The minimum Gasteiger partial charge on any atom is -0.381 e. The highest BCUT2D eigenvalue weighted by molar-refractivity contribution is 5.80. The smallest absolute Gasteiger partial charge is 0.238 e. The molecule has 1 amide bonds. The SMILES string of the molecule is CC1COCCC1C(=O)N(C)C#N. The molecule has 1 aliphatic heterocycles. The van der Waals surface area contributed by atoms with Gasteiger partial charge in [-0.05, 0) is 12.3 Å². The van der Waals surface area contributed by atoms with Gasteiger partial charge in [-0.15, -0.1) is 0 Å². The molecule has 1 heterocycles. The summed E-state index contributed by atoms with van der Waals surface area (Å²) in [5, 5.41) is 8.55. The first-order valence-corrected chi connectivity index (χ1v) is 4.42. The molecule has 72 valence electrons. The summed E-state index contributed by atoms with van der Waals surface area (Å²) in [4.78, 5) is 12.7. The molecule has 1 aliphatic rings. The van der Waals surface area contributed by atoms with Crippen LogP contribution in [0.2, 0.25) is 0 Å². The van der Waals surface area contributed by atoms with E-state index in [1.165, 1.54) is 7.05 Å². The molecular weight excluding hydrogens is 168 g/mol. The lowest BCUT2D eigenvalue weighted by Gasteiger charge is -2.28. The summed E-state index contributed by atoms with van der Waals surface area (Å²) in [6.45, 7) is 3.22. The van der Waals surface area contributed by atoms with Crippen LogP contribution in [0.3, 0.4) is 0 Å². The maximum Gasteiger partial charge on any atom is 0.238 e. The lowest BCUT2D eigenvalue weighted by molar-refractivity contribution is -0.137. The van der Waals surface area contributed by atoms with E-state index in [-0.39, 0.29) is 17.7 Å². The molecule has 4 heteroatoms. The molecule has 0 saturated carbocycles. The molecule has 0 aromatic heterocycles. The Morgan fingerprint density at radius 3 is 2.92 bits per heavy atom. The van der Waals surface area contributed by atoms with Crippen molar-refractivity contribution >= 4 is 5.91 Å². The van der Waals surface area contributed by atoms with Crippen molar-refractivity contribution in [2.45, 2.75) is 13.3 Å². The summed E-state index contributed by atoms with van der Waals surface area (Å²) in [6.07, 6.45) is 2.55. The fourth-order valence-corrected chi connectivity index (χ4v) is 1.55. The molecule has 1 rings (SSSR count). The van der Waals surface area contributed by atoms with Crippen molar-refractivity contribution in [1.29, 1.82) is 5.26 Å². The Morgan fingerprint density at radius 2 is 2.38 bits per heavy atom. The Hall–Kier alpha value is -1.08. The Kier molecular flexibility index (Phi) is 3.26. The zero-order valence-corrected chi connectivity index (χ0v) is 7.99. The summed E-state index contributed by atoms with van der Waals surface area (Å²) in [7, 11) is 1.50. The molecule has 1 fully saturated rings. The Bertz CT molecular complexity index is 234. The number of amides is 1. The van der Waals surface area contributed by atoms with E-state index >= 15 is 0 Å². The summed E-state index contributed by atoms with van der Waals surface area (Å²) in [5.74, 6) is 0.0914. The molecule has 4 nitrogen and oxygen atoms in total. The molecule has 0 aliphatic carbocycles. The third-order valence-corrected chi connectivity index (χ3v) is 2.44. The van der Waals surface area contributed by atoms with Crippen LogP contribution in [0.4, 0.5) is 0 Å². The van der Waals surface area contributed by atoms with Crippen LogP contribution in [0.1, 0.15) is 13.3 Å². The van der Waals surface area contributed by atoms with Gasteiger partial charge in [-0.25, -0.2) is 0 Å². The molecule has 2 atom stereocenters. The third-order valence-electron chi connectivity index (χ3n) is 2.44. The van der Waals surface area contributed by atoms with Gasteiger partial charge in [0.2, 0.25) is 5.91 Å². The van der Waals surface area contributed by atoms with Crippen LogP contribution < -0.4 is 0 Å². The normalized spacial score (nSPS) is 27.8. The number of nitrogens with zero attached hydrogens (tertiary/aromatic N) is 2. The summed E-state index contributed by atoms with van der Waals surface area (Å²) >= 11 is 0. The minimum atomic E-state index is -0.0849. The van der Waals surface area contributed by atoms with E-state index in [4.69, 9.17) is 10.00 Å². The average Bonchev–Trinajstić information content (AvgIpc) is 2.16. The highest BCUT2D eigenvalue weighted by atomic mass is 16.5. The maximum atomic E-state index is 11.6.